The molecular formula is C13H10Cl2FNO2S2. The van der Waals surface area contributed by atoms with Gasteiger partial charge in [-0.05, 0) is 42.7 Å². The van der Waals surface area contributed by atoms with E-state index in [4.69, 9.17) is 23.2 Å². The first-order chi connectivity index (χ1) is 9.83. The van der Waals surface area contributed by atoms with Crippen LogP contribution in [0.5, 0.6) is 0 Å². The van der Waals surface area contributed by atoms with Gasteiger partial charge in [-0.1, -0.05) is 23.2 Å². The van der Waals surface area contributed by atoms with Crippen LogP contribution in [0.3, 0.4) is 0 Å². The summed E-state index contributed by atoms with van der Waals surface area (Å²) in [6.45, 7) is 0. The Kier molecular flexibility index (Phi) is 5.03. The highest BCUT2D eigenvalue weighted by atomic mass is 35.5. The van der Waals surface area contributed by atoms with Crippen LogP contribution in [-0.2, 0) is 10.0 Å². The Bertz CT molecular complexity index is 782. The molecule has 0 heterocycles. The molecule has 2 rings (SSSR count). The molecule has 0 radical (unpaired) electrons. The van der Waals surface area contributed by atoms with Crippen molar-refractivity contribution >= 4 is 50.7 Å². The Morgan fingerprint density at radius 3 is 2.48 bits per heavy atom. The molecule has 0 aromatic heterocycles. The predicted octanol–water partition coefficient (Wildman–Crippen LogP) is 4.66. The third kappa shape index (κ3) is 3.83. The molecule has 0 aliphatic rings. The topological polar surface area (TPSA) is 46.2 Å². The maximum atomic E-state index is 13.1. The highest BCUT2D eigenvalue weighted by Gasteiger charge is 2.19. The lowest BCUT2D eigenvalue weighted by molar-refractivity contribution is 0.599. The van der Waals surface area contributed by atoms with E-state index >= 15 is 0 Å². The molecule has 0 unspecified atom stereocenters. The van der Waals surface area contributed by atoms with Crippen LogP contribution >= 0.6 is 35.0 Å². The second-order valence-electron chi connectivity index (χ2n) is 4.03. The van der Waals surface area contributed by atoms with Gasteiger partial charge in [-0.2, -0.15) is 0 Å². The van der Waals surface area contributed by atoms with Crippen LogP contribution in [0.2, 0.25) is 10.0 Å². The Labute approximate surface area is 136 Å². The average Bonchev–Trinajstić information content (AvgIpc) is 2.42. The van der Waals surface area contributed by atoms with Crippen LogP contribution in [0.1, 0.15) is 0 Å². The van der Waals surface area contributed by atoms with Crippen molar-refractivity contribution in [3.8, 4) is 0 Å². The summed E-state index contributed by atoms with van der Waals surface area (Å²) < 4.78 is 40.3. The summed E-state index contributed by atoms with van der Waals surface area (Å²) in [7, 11) is -3.84. The van der Waals surface area contributed by atoms with Gasteiger partial charge in [0.25, 0.3) is 10.0 Å². The van der Waals surface area contributed by atoms with E-state index in [1.165, 1.54) is 30.0 Å². The standard InChI is InChI=1S/C13H10Cl2FNO2S2/c1-20-12-5-2-8(14)6-13(12)21(18,19)17-9-3-4-11(16)10(15)7-9/h2-7,17H,1H3. The maximum absolute atomic E-state index is 13.1. The van der Waals surface area contributed by atoms with Crippen molar-refractivity contribution < 1.29 is 12.8 Å². The SMILES string of the molecule is CSc1ccc(Cl)cc1S(=O)(=O)Nc1ccc(F)c(Cl)c1. The number of thioether (sulfide) groups is 1. The molecule has 2 aromatic rings. The molecule has 0 saturated heterocycles. The van der Waals surface area contributed by atoms with Gasteiger partial charge in [0.15, 0.2) is 0 Å². The number of hydrogen-bond acceptors (Lipinski definition) is 3. The van der Waals surface area contributed by atoms with E-state index in [9.17, 15) is 12.8 Å². The van der Waals surface area contributed by atoms with E-state index in [1.54, 1.807) is 18.4 Å². The molecule has 0 atom stereocenters. The van der Waals surface area contributed by atoms with Crippen LogP contribution in [0.25, 0.3) is 0 Å². The van der Waals surface area contributed by atoms with Crippen LogP contribution in [-0.4, -0.2) is 14.7 Å². The molecule has 0 amide bonds. The van der Waals surface area contributed by atoms with Crippen molar-refractivity contribution in [1.82, 2.24) is 0 Å². The number of anilines is 1. The quantitative estimate of drug-likeness (QED) is 0.801. The van der Waals surface area contributed by atoms with E-state index in [2.05, 4.69) is 4.72 Å². The Morgan fingerprint density at radius 2 is 1.86 bits per heavy atom. The van der Waals surface area contributed by atoms with Crippen molar-refractivity contribution in [3.63, 3.8) is 0 Å². The lowest BCUT2D eigenvalue weighted by atomic mass is 10.3. The minimum Gasteiger partial charge on any atom is -0.280 e. The third-order valence-electron chi connectivity index (χ3n) is 2.59. The summed E-state index contributed by atoms with van der Waals surface area (Å²) in [6, 6.07) is 8.19. The van der Waals surface area contributed by atoms with Gasteiger partial charge in [0.2, 0.25) is 0 Å². The molecule has 0 fully saturated rings. The predicted molar refractivity (Wildman–Crippen MR) is 85.5 cm³/mol. The number of nitrogens with one attached hydrogen (secondary N) is 1. The molecule has 3 nitrogen and oxygen atoms in total. The van der Waals surface area contributed by atoms with Crippen molar-refractivity contribution in [2.75, 3.05) is 11.0 Å². The molecule has 2 aromatic carbocycles. The van der Waals surface area contributed by atoms with Crippen molar-refractivity contribution in [1.29, 1.82) is 0 Å². The average molecular weight is 366 g/mol. The Hall–Kier alpha value is -0.950. The van der Waals surface area contributed by atoms with E-state index in [0.29, 0.717) is 9.92 Å². The summed E-state index contributed by atoms with van der Waals surface area (Å²) in [5.74, 6) is -0.618. The monoisotopic (exact) mass is 365 g/mol. The molecule has 0 aliphatic carbocycles. The number of rotatable bonds is 4. The molecule has 1 N–H and O–H groups in total. The fraction of sp³-hybridized carbons (Fsp3) is 0.0769. The Morgan fingerprint density at radius 1 is 1.14 bits per heavy atom. The number of hydrogen-bond donors (Lipinski definition) is 1. The van der Waals surface area contributed by atoms with Crippen LogP contribution in [0.15, 0.2) is 46.2 Å². The molecule has 0 bridgehead atoms. The lowest BCUT2D eigenvalue weighted by Crippen LogP contribution is -2.14. The molecule has 8 heteroatoms. The summed E-state index contributed by atoms with van der Waals surface area (Å²) in [6.07, 6.45) is 1.76. The number of halogens is 3. The van der Waals surface area contributed by atoms with Crippen LogP contribution in [0, 0.1) is 5.82 Å². The zero-order chi connectivity index (χ0) is 15.6. The fourth-order valence-electron chi connectivity index (χ4n) is 1.63. The van der Waals surface area contributed by atoms with Crippen LogP contribution in [0.4, 0.5) is 10.1 Å². The van der Waals surface area contributed by atoms with Gasteiger partial charge in [-0.15, -0.1) is 11.8 Å². The molecular weight excluding hydrogens is 356 g/mol. The van der Waals surface area contributed by atoms with Crippen molar-refractivity contribution in [2.24, 2.45) is 0 Å². The molecule has 0 aliphatic heterocycles. The van der Waals surface area contributed by atoms with E-state index < -0.39 is 15.8 Å². The van der Waals surface area contributed by atoms with Gasteiger partial charge >= 0.3 is 0 Å². The summed E-state index contributed by atoms with van der Waals surface area (Å²) in [5.41, 5.74) is 0.174. The van der Waals surface area contributed by atoms with Gasteiger partial charge in [0.1, 0.15) is 10.7 Å². The van der Waals surface area contributed by atoms with Crippen molar-refractivity contribution in [3.05, 3.63) is 52.3 Å². The van der Waals surface area contributed by atoms with E-state index in [-0.39, 0.29) is 15.6 Å². The second kappa shape index (κ2) is 6.44. The lowest BCUT2D eigenvalue weighted by Gasteiger charge is -2.12. The normalized spacial score (nSPS) is 11.4. The molecule has 0 spiro atoms. The molecule has 21 heavy (non-hydrogen) atoms. The van der Waals surface area contributed by atoms with Gasteiger partial charge in [0.05, 0.1) is 10.7 Å². The van der Waals surface area contributed by atoms with Gasteiger partial charge < -0.3 is 0 Å². The maximum Gasteiger partial charge on any atom is 0.263 e. The van der Waals surface area contributed by atoms with E-state index in [0.717, 1.165) is 6.07 Å². The number of sulfonamides is 1. The molecule has 112 valence electrons. The first-order valence-electron chi connectivity index (χ1n) is 5.65. The smallest absolute Gasteiger partial charge is 0.263 e. The minimum absolute atomic E-state index is 0.0583. The van der Waals surface area contributed by atoms with Gasteiger partial charge in [-0.25, -0.2) is 12.8 Å². The van der Waals surface area contributed by atoms with Crippen molar-refractivity contribution in [2.45, 2.75) is 9.79 Å². The Balaban J connectivity index is 2.42. The van der Waals surface area contributed by atoms with Gasteiger partial charge in [-0.3, -0.25) is 4.72 Å². The first kappa shape index (κ1) is 16.4. The third-order valence-corrected chi connectivity index (χ3v) is 5.46. The molecule has 0 saturated carbocycles. The second-order valence-corrected chi connectivity index (χ2v) is 7.37. The van der Waals surface area contributed by atoms with Crippen LogP contribution < -0.4 is 4.72 Å². The van der Waals surface area contributed by atoms with E-state index in [1.807, 2.05) is 0 Å². The summed E-state index contributed by atoms with van der Waals surface area (Å²) in [5, 5.41) is 0.150. The zero-order valence-electron chi connectivity index (χ0n) is 10.7. The first-order valence-corrected chi connectivity index (χ1v) is 9.11. The van der Waals surface area contributed by atoms with Gasteiger partial charge in [0, 0.05) is 9.92 Å². The number of benzene rings is 2. The highest BCUT2D eigenvalue weighted by Crippen LogP contribution is 2.30. The fourth-order valence-corrected chi connectivity index (χ4v) is 4.25. The summed E-state index contributed by atoms with van der Waals surface area (Å²) >= 11 is 12.8. The minimum atomic E-state index is -3.84. The summed E-state index contributed by atoms with van der Waals surface area (Å²) in [4.78, 5) is 0.614. The zero-order valence-corrected chi connectivity index (χ0v) is 13.9. The highest BCUT2D eigenvalue weighted by molar-refractivity contribution is 7.99. The largest absolute Gasteiger partial charge is 0.280 e.